The maximum atomic E-state index is 13.4. The summed E-state index contributed by atoms with van der Waals surface area (Å²) >= 11 is 7.10. The van der Waals surface area contributed by atoms with Crippen LogP contribution in [-0.4, -0.2) is 81.1 Å². The average molecular weight is 880 g/mol. The maximum Gasteiger partial charge on any atom is 0.337 e. The van der Waals surface area contributed by atoms with Gasteiger partial charge in [-0.2, -0.15) is 5.26 Å². The standard InChI is InChI=1S/C20H18BrN5O3.C19H15BrN6O/c1-24(2)19-22-23-20-25(19)15-7-5-4-6-14(15)16(21)26(20)17(27)12-8-10-13(11-9-12)18(28)29-3;1-24(2)18-22-23-19-25(11-13-5-3-12(10-21)4-6-13)17(27)15-9-14(20)7-8-16(15)26(18)19/h4-11,16H,1-3H3;3-9H,11H2,1-2H3. The van der Waals surface area contributed by atoms with Crippen LogP contribution in [0.1, 0.15) is 42.4 Å². The van der Waals surface area contributed by atoms with Gasteiger partial charge in [0.15, 0.2) is 0 Å². The van der Waals surface area contributed by atoms with Gasteiger partial charge in [0.2, 0.25) is 23.6 Å². The van der Waals surface area contributed by atoms with Gasteiger partial charge in [0.05, 0.1) is 47.4 Å². The molecule has 4 heterocycles. The molecule has 0 N–H and O–H groups in total. The van der Waals surface area contributed by atoms with Gasteiger partial charge in [-0.3, -0.25) is 19.1 Å². The van der Waals surface area contributed by atoms with Gasteiger partial charge in [-0.25, -0.2) is 13.8 Å². The Morgan fingerprint density at radius 3 is 2.18 bits per heavy atom. The van der Waals surface area contributed by atoms with Crippen LogP contribution in [0, 0.1) is 11.3 Å². The number of para-hydroxylation sites is 1. The fraction of sp³-hybridized carbons (Fsp3) is 0.179. The van der Waals surface area contributed by atoms with Crippen molar-refractivity contribution in [3.63, 3.8) is 0 Å². The lowest BCUT2D eigenvalue weighted by Gasteiger charge is -2.34. The summed E-state index contributed by atoms with van der Waals surface area (Å²) in [4.78, 5) is 43.1. The first-order valence-electron chi connectivity index (χ1n) is 17.0. The smallest absolute Gasteiger partial charge is 0.337 e. The predicted molar refractivity (Wildman–Crippen MR) is 219 cm³/mol. The molecule has 3 aromatic heterocycles. The summed E-state index contributed by atoms with van der Waals surface area (Å²) in [5, 5.41) is 26.6. The molecule has 4 aromatic carbocycles. The van der Waals surface area contributed by atoms with Crippen LogP contribution in [0.4, 0.5) is 17.8 Å². The van der Waals surface area contributed by atoms with Crippen molar-refractivity contribution in [2.75, 3.05) is 50.0 Å². The number of fused-ring (bicyclic) bond motifs is 6. The third-order valence-corrected chi connectivity index (χ3v) is 10.4. The minimum absolute atomic E-state index is 0.138. The highest BCUT2D eigenvalue weighted by Gasteiger charge is 2.37. The van der Waals surface area contributed by atoms with Crippen LogP contribution in [0.15, 0.2) is 100 Å². The van der Waals surface area contributed by atoms with Crippen molar-refractivity contribution in [2.45, 2.75) is 11.5 Å². The van der Waals surface area contributed by atoms with E-state index in [0.29, 0.717) is 52.2 Å². The molecule has 0 aliphatic carbocycles. The molecule has 282 valence electrons. The number of rotatable bonds is 6. The number of hydrogen-bond donors (Lipinski definition) is 0. The third-order valence-electron chi connectivity index (χ3n) is 9.05. The molecule has 1 aliphatic rings. The van der Waals surface area contributed by atoms with E-state index in [1.54, 1.807) is 45.9 Å². The Hall–Kier alpha value is -6.38. The monoisotopic (exact) mass is 877 g/mol. The number of benzene rings is 4. The second-order valence-corrected chi connectivity index (χ2v) is 14.8. The van der Waals surface area contributed by atoms with Crippen molar-refractivity contribution in [3.8, 4) is 11.8 Å². The number of carbonyl (C=O) groups is 2. The number of alkyl halides is 1. The molecule has 7 aromatic rings. The molecule has 1 atom stereocenters. The first kappa shape index (κ1) is 37.9. The second kappa shape index (κ2) is 15.4. The molecule has 0 saturated carbocycles. The third kappa shape index (κ3) is 6.77. The van der Waals surface area contributed by atoms with Gasteiger partial charge in [0.1, 0.15) is 4.95 Å². The molecule has 1 aliphatic heterocycles. The summed E-state index contributed by atoms with van der Waals surface area (Å²) < 4.78 is 10.9. The Morgan fingerprint density at radius 1 is 0.857 bits per heavy atom. The van der Waals surface area contributed by atoms with Gasteiger partial charge in [-0.05, 0) is 66.2 Å². The number of halogens is 2. The molecule has 17 heteroatoms. The highest BCUT2D eigenvalue weighted by molar-refractivity contribution is 9.10. The highest BCUT2D eigenvalue weighted by Crippen LogP contribution is 2.43. The first-order chi connectivity index (χ1) is 26.9. The first-order valence-corrected chi connectivity index (χ1v) is 18.8. The SMILES string of the molecule is CN(C)c1nnc2n(Cc3ccc(C#N)cc3)c(=O)c3cc(Br)ccc3n12.COC(=O)c1ccc(C(=O)N2c3nnc(N(C)C)n3-c3ccccc3C2Br)cc1. The number of methoxy groups -OCH3 is 1. The van der Waals surface area contributed by atoms with Crippen LogP contribution in [0.3, 0.4) is 0 Å². The van der Waals surface area contributed by atoms with Crippen molar-refractivity contribution < 1.29 is 14.3 Å². The molecule has 1 unspecified atom stereocenters. The van der Waals surface area contributed by atoms with Crippen LogP contribution >= 0.6 is 31.9 Å². The van der Waals surface area contributed by atoms with Crippen LogP contribution in [0.25, 0.3) is 22.4 Å². The van der Waals surface area contributed by atoms with E-state index in [-0.39, 0.29) is 11.5 Å². The Kier molecular flexibility index (Phi) is 10.4. The number of amides is 1. The predicted octanol–water partition coefficient (Wildman–Crippen LogP) is 5.97. The second-order valence-electron chi connectivity index (χ2n) is 13.1. The van der Waals surface area contributed by atoms with Crippen LogP contribution < -0.4 is 20.3 Å². The molecule has 0 radical (unpaired) electrons. The molecule has 0 spiro atoms. The van der Waals surface area contributed by atoms with Crippen molar-refractivity contribution in [1.82, 2.24) is 33.9 Å². The number of aromatic nitrogens is 7. The zero-order valence-electron chi connectivity index (χ0n) is 30.8. The van der Waals surface area contributed by atoms with E-state index in [0.717, 1.165) is 26.8 Å². The molecule has 8 rings (SSSR count). The molecular weight excluding hydrogens is 846 g/mol. The Labute approximate surface area is 337 Å². The number of nitriles is 1. The van der Waals surface area contributed by atoms with Crippen LogP contribution in [-0.2, 0) is 11.3 Å². The van der Waals surface area contributed by atoms with Crippen LogP contribution in [0.2, 0.25) is 0 Å². The topological polar surface area (TPSA) is 160 Å². The quantitative estimate of drug-likeness (QED) is 0.110. The number of hydrogen-bond acceptors (Lipinski definition) is 11. The largest absolute Gasteiger partial charge is 0.465 e. The lowest BCUT2D eigenvalue weighted by atomic mass is 10.1. The molecule has 1 amide bonds. The molecule has 15 nitrogen and oxygen atoms in total. The number of carbonyl (C=O) groups excluding carboxylic acids is 2. The van der Waals surface area contributed by atoms with Gasteiger partial charge in [0.25, 0.3) is 11.5 Å². The van der Waals surface area contributed by atoms with E-state index in [4.69, 9.17) is 10.00 Å². The van der Waals surface area contributed by atoms with Gasteiger partial charge in [-0.1, -0.05) is 62.2 Å². The zero-order valence-corrected chi connectivity index (χ0v) is 33.9. The van der Waals surface area contributed by atoms with Crippen molar-refractivity contribution in [1.29, 1.82) is 5.26 Å². The van der Waals surface area contributed by atoms with E-state index >= 15 is 0 Å². The Bertz CT molecular complexity index is 2730. The summed E-state index contributed by atoms with van der Waals surface area (Å²) in [6.45, 7) is 0.335. The summed E-state index contributed by atoms with van der Waals surface area (Å²) in [5.74, 6) is 1.43. The fourth-order valence-electron chi connectivity index (χ4n) is 6.33. The Morgan fingerprint density at radius 2 is 1.52 bits per heavy atom. The fourth-order valence-corrected chi connectivity index (χ4v) is 7.45. The van der Waals surface area contributed by atoms with E-state index in [9.17, 15) is 14.4 Å². The number of anilines is 3. The highest BCUT2D eigenvalue weighted by atomic mass is 79.9. The number of nitrogens with zero attached hydrogens (tertiary/aromatic N) is 11. The minimum atomic E-state index is -0.454. The van der Waals surface area contributed by atoms with E-state index < -0.39 is 10.9 Å². The number of esters is 1. The average Bonchev–Trinajstić information content (AvgIpc) is 3.86. The normalized spacial score (nSPS) is 13.0. The number of ether oxygens (including phenoxy) is 1. The van der Waals surface area contributed by atoms with Gasteiger partial charge in [0, 0.05) is 43.8 Å². The van der Waals surface area contributed by atoms with Crippen LogP contribution in [0.5, 0.6) is 0 Å². The van der Waals surface area contributed by atoms with E-state index in [2.05, 4.69) is 58.3 Å². The summed E-state index contributed by atoms with van der Waals surface area (Å²) in [5.41, 5.74) is 4.72. The van der Waals surface area contributed by atoms with E-state index in [1.807, 2.05) is 102 Å². The lowest BCUT2D eigenvalue weighted by Crippen LogP contribution is -2.38. The lowest BCUT2D eigenvalue weighted by molar-refractivity contribution is 0.0600. The molecular formula is C39H33Br2N11O4. The zero-order chi connectivity index (χ0) is 39.8. The molecule has 0 fully saturated rings. The van der Waals surface area contributed by atoms with Gasteiger partial charge < -0.3 is 14.5 Å². The maximum absolute atomic E-state index is 13.4. The molecule has 0 saturated heterocycles. The van der Waals surface area contributed by atoms with Gasteiger partial charge in [-0.15, -0.1) is 20.4 Å². The summed E-state index contributed by atoms with van der Waals surface area (Å²) in [6, 6.07) is 29.0. The summed E-state index contributed by atoms with van der Waals surface area (Å²) in [7, 11) is 8.83. The van der Waals surface area contributed by atoms with E-state index in [1.165, 1.54) is 7.11 Å². The van der Waals surface area contributed by atoms with Gasteiger partial charge >= 0.3 is 5.97 Å². The minimum Gasteiger partial charge on any atom is -0.465 e. The molecule has 0 bridgehead atoms. The molecule has 56 heavy (non-hydrogen) atoms. The van der Waals surface area contributed by atoms with Crippen molar-refractivity contribution in [3.05, 3.63) is 134 Å². The summed E-state index contributed by atoms with van der Waals surface area (Å²) in [6.07, 6.45) is 0. The Balaban J connectivity index is 0.000000172. The van der Waals surface area contributed by atoms with Crippen molar-refractivity contribution in [2.24, 2.45) is 0 Å². The van der Waals surface area contributed by atoms with Crippen molar-refractivity contribution >= 4 is 78.3 Å².